The molecule has 0 aliphatic heterocycles. The zero-order chi connectivity index (χ0) is 19.3. The molecule has 0 atom stereocenters. The number of hydrogen-bond donors (Lipinski definition) is 1. The minimum Gasteiger partial charge on any atom is -0.264 e. The van der Waals surface area contributed by atoms with Gasteiger partial charge in [0, 0.05) is 41.0 Å². The smallest absolute Gasteiger partial charge is 0.264 e. The van der Waals surface area contributed by atoms with E-state index in [9.17, 15) is 10.1 Å². The lowest BCUT2D eigenvalue weighted by molar-refractivity contribution is -0.384. The van der Waals surface area contributed by atoms with E-state index in [2.05, 4.69) is 25.5 Å². The van der Waals surface area contributed by atoms with E-state index in [0.29, 0.717) is 17.2 Å². The highest BCUT2D eigenvalue weighted by atomic mass is 16.6. The molecule has 0 fully saturated rings. The lowest BCUT2D eigenvalue weighted by Gasteiger charge is -2.08. The van der Waals surface area contributed by atoms with Gasteiger partial charge in [-0.05, 0) is 24.3 Å². The summed E-state index contributed by atoms with van der Waals surface area (Å²) in [7, 11) is 0. The third-order valence-corrected chi connectivity index (χ3v) is 3.99. The number of hydrazone groups is 1. The molecule has 0 saturated heterocycles. The molecule has 0 saturated carbocycles. The van der Waals surface area contributed by atoms with Gasteiger partial charge >= 0.3 is 0 Å². The van der Waals surface area contributed by atoms with Crippen molar-refractivity contribution in [1.29, 1.82) is 0 Å². The van der Waals surface area contributed by atoms with Crippen molar-refractivity contribution >= 4 is 28.6 Å². The fraction of sp³-hybridized carbons (Fsp3) is 0. The number of nitro groups is 1. The van der Waals surface area contributed by atoms with Crippen LogP contribution in [-0.2, 0) is 0 Å². The molecule has 4 aromatic rings. The van der Waals surface area contributed by atoms with Crippen molar-refractivity contribution in [2.24, 2.45) is 5.10 Å². The molecule has 0 spiro atoms. The van der Waals surface area contributed by atoms with E-state index < -0.39 is 4.92 Å². The molecule has 0 radical (unpaired) electrons. The molecular weight excluding hydrogens is 356 g/mol. The first-order valence-corrected chi connectivity index (χ1v) is 8.41. The standard InChI is InChI=1S/C20H14N6O2/c27-26(28)16-7-3-5-14(11-16)12-22-25-20-17-8-1-2-9-18(17)23-19(24-20)15-6-4-10-21-13-15/h1-13H,(H,23,24,25)/b22-12+. The molecule has 0 aliphatic rings. The molecular formula is C20H14N6O2. The van der Waals surface area contributed by atoms with E-state index >= 15 is 0 Å². The molecule has 136 valence electrons. The molecule has 1 N–H and O–H groups in total. The van der Waals surface area contributed by atoms with Gasteiger partial charge in [-0.1, -0.05) is 24.3 Å². The topological polar surface area (TPSA) is 106 Å². The van der Waals surface area contributed by atoms with Crippen LogP contribution in [0.4, 0.5) is 11.5 Å². The van der Waals surface area contributed by atoms with Gasteiger partial charge in [0.2, 0.25) is 0 Å². The van der Waals surface area contributed by atoms with Crippen LogP contribution in [0.15, 0.2) is 78.2 Å². The van der Waals surface area contributed by atoms with Crippen molar-refractivity contribution in [1.82, 2.24) is 15.0 Å². The zero-order valence-electron chi connectivity index (χ0n) is 14.6. The lowest BCUT2D eigenvalue weighted by atomic mass is 10.2. The summed E-state index contributed by atoms with van der Waals surface area (Å²) in [6.45, 7) is 0. The number of para-hydroxylation sites is 1. The Labute approximate surface area is 159 Å². The van der Waals surface area contributed by atoms with E-state index in [1.54, 1.807) is 24.5 Å². The highest BCUT2D eigenvalue weighted by Crippen LogP contribution is 2.24. The van der Waals surface area contributed by atoms with Crippen LogP contribution in [0, 0.1) is 10.1 Å². The zero-order valence-corrected chi connectivity index (χ0v) is 14.6. The Morgan fingerprint density at radius 2 is 1.93 bits per heavy atom. The summed E-state index contributed by atoms with van der Waals surface area (Å²) >= 11 is 0. The molecule has 2 heterocycles. The second-order valence-electron chi connectivity index (χ2n) is 5.88. The quantitative estimate of drug-likeness (QED) is 0.323. The Kier molecular flexibility index (Phi) is 4.67. The van der Waals surface area contributed by atoms with E-state index in [1.165, 1.54) is 18.3 Å². The molecule has 2 aromatic carbocycles. The highest BCUT2D eigenvalue weighted by molar-refractivity contribution is 5.91. The average molecular weight is 370 g/mol. The number of aromatic nitrogens is 3. The SMILES string of the molecule is O=[N+]([O-])c1cccc(/C=N/Nc2nc(-c3cccnc3)nc3ccccc23)c1. The van der Waals surface area contributed by atoms with Crippen molar-refractivity contribution in [2.75, 3.05) is 5.43 Å². The molecule has 8 nitrogen and oxygen atoms in total. The second-order valence-corrected chi connectivity index (χ2v) is 5.88. The first kappa shape index (κ1) is 17.2. The summed E-state index contributed by atoms with van der Waals surface area (Å²) < 4.78 is 0. The van der Waals surface area contributed by atoms with Crippen LogP contribution in [0.3, 0.4) is 0 Å². The second kappa shape index (κ2) is 7.58. The van der Waals surface area contributed by atoms with Gasteiger partial charge in [-0.3, -0.25) is 20.5 Å². The summed E-state index contributed by atoms with van der Waals surface area (Å²) in [4.78, 5) is 23.7. The number of fused-ring (bicyclic) bond motifs is 1. The number of non-ortho nitro benzene ring substituents is 1. The van der Waals surface area contributed by atoms with E-state index in [4.69, 9.17) is 0 Å². The number of rotatable bonds is 5. The molecule has 0 unspecified atom stereocenters. The minimum atomic E-state index is -0.442. The Morgan fingerprint density at radius 1 is 1.04 bits per heavy atom. The molecule has 0 amide bonds. The van der Waals surface area contributed by atoms with E-state index in [-0.39, 0.29) is 5.69 Å². The Morgan fingerprint density at radius 3 is 2.75 bits per heavy atom. The average Bonchev–Trinajstić information content (AvgIpc) is 2.74. The van der Waals surface area contributed by atoms with Crippen molar-refractivity contribution in [3.63, 3.8) is 0 Å². The van der Waals surface area contributed by atoms with Crippen LogP contribution in [0.1, 0.15) is 5.56 Å². The molecule has 8 heteroatoms. The summed E-state index contributed by atoms with van der Waals surface area (Å²) in [5.74, 6) is 1.06. The number of benzene rings is 2. The van der Waals surface area contributed by atoms with Gasteiger partial charge in [0.1, 0.15) is 0 Å². The largest absolute Gasteiger partial charge is 0.270 e. The van der Waals surface area contributed by atoms with Gasteiger partial charge in [-0.15, -0.1) is 0 Å². The van der Waals surface area contributed by atoms with Crippen molar-refractivity contribution < 1.29 is 4.92 Å². The number of nitrogens with one attached hydrogen (secondary N) is 1. The number of anilines is 1. The van der Waals surface area contributed by atoms with Crippen LogP contribution >= 0.6 is 0 Å². The fourth-order valence-electron chi connectivity index (χ4n) is 2.67. The predicted octanol–water partition coefficient (Wildman–Crippen LogP) is 4.05. The maximum Gasteiger partial charge on any atom is 0.270 e. The molecule has 0 bridgehead atoms. The predicted molar refractivity (Wildman–Crippen MR) is 107 cm³/mol. The number of nitrogens with zero attached hydrogens (tertiary/aromatic N) is 5. The van der Waals surface area contributed by atoms with Crippen molar-refractivity contribution in [2.45, 2.75) is 0 Å². The molecule has 4 rings (SSSR count). The Bertz CT molecular complexity index is 1180. The summed E-state index contributed by atoms with van der Waals surface area (Å²) in [6.07, 6.45) is 4.89. The Balaban J connectivity index is 1.68. The van der Waals surface area contributed by atoms with Gasteiger partial charge in [-0.2, -0.15) is 5.10 Å². The van der Waals surface area contributed by atoms with Gasteiger partial charge in [0.15, 0.2) is 11.6 Å². The molecule has 28 heavy (non-hydrogen) atoms. The van der Waals surface area contributed by atoms with Crippen LogP contribution < -0.4 is 5.43 Å². The number of nitro benzene ring substituents is 1. The van der Waals surface area contributed by atoms with Crippen LogP contribution in [-0.4, -0.2) is 26.1 Å². The summed E-state index contributed by atoms with van der Waals surface area (Å²) in [5, 5.41) is 15.9. The number of hydrogen-bond acceptors (Lipinski definition) is 7. The molecule has 2 aromatic heterocycles. The Hall–Kier alpha value is -4.20. The van der Waals surface area contributed by atoms with Crippen LogP contribution in [0.5, 0.6) is 0 Å². The van der Waals surface area contributed by atoms with Gasteiger partial charge in [0.05, 0.1) is 16.7 Å². The maximum absolute atomic E-state index is 10.9. The van der Waals surface area contributed by atoms with Gasteiger partial charge < -0.3 is 0 Å². The van der Waals surface area contributed by atoms with E-state index in [0.717, 1.165) is 16.5 Å². The lowest BCUT2D eigenvalue weighted by Crippen LogP contribution is -1.99. The first-order chi connectivity index (χ1) is 13.7. The minimum absolute atomic E-state index is 0.00954. The normalized spacial score (nSPS) is 11.0. The van der Waals surface area contributed by atoms with Crippen LogP contribution in [0.25, 0.3) is 22.3 Å². The van der Waals surface area contributed by atoms with Gasteiger partial charge in [0.25, 0.3) is 5.69 Å². The monoisotopic (exact) mass is 370 g/mol. The molecule has 0 aliphatic carbocycles. The first-order valence-electron chi connectivity index (χ1n) is 8.41. The number of pyridine rings is 1. The summed E-state index contributed by atoms with van der Waals surface area (Å²) in [6, 6.07) is 17.5. The fourth-order valence-corrected chi connectivity index (χ4v) is 2.67. The van der Waals surface area contributed by atoms with Crippen molar-refractivity contribution in [3.8, 4) is 11.4 Å². The highest BCUT2D eigenvalue weighted by Gasteiger charge is 2.09. The maximum atomic E-state index is 10.9. The van der Waals surface area contributed by atoms with Crippen LogP contribution in [0.2, 0.25) is 0 Å². The van der Waals surface area contributed by atoms with E-state index in [1.807, 2.05) is 36.4 Å². The third-order valence-electron chi connectivity index (χ3n) is 3.99. The van der Waals surface area contributed by atoms with Gasteiger partial charge in [-0.25, -0.2) is 9.97 Å². The summed E-state index contributed by atoms with van der Waals surface area (Å²) in [5.41, 5.74) is 5.10. The third kappa shape index (κ3) is 3.65. The van der Waals surface area contributed by atoms with Crippen molar-refractivity contribution in [3.05, 3.63) is 88.7 Å².